The lowest BCUT2D eigenvalue weighted by atomic mass is 10.2. The maximum absolute atomic E-state index is 8.79. The van der Waals surface area contributed by atoms with Crippen molar-refractivity contribution in [1.29, 1.82) is 0 Å². The maximum atomic E-state index is 8.79. The first-order valence-electron chi connectivity index (χ1n) is 6.91. The average Bonchev–Trinajstić information content (AvgIpc) is 2.30. The molecule has 0 rings (SSSR count). The fourth-order valence-corrected chi connectivity index (χ4v) is 1.91. The van der Waals surface area contributed by atoms with Crippen LogP contribution in [-0.4, -0.2) is 60.8 Å². The summed E-state index contributed by atoms with van der Waals surface area (Å²) < 4.78 is 0. The number of hydrogen-bond acceptors (Lipinski definition) is 3. The van der Waals surface area contributed by atoms with Gasteiger partial charge in [0.2, 0.25) is 0 Å². The zero-order valence-corrected chi connectivity index (χ0v) is 15.3. The van der Waals surface area contributed by atoms with Gasteiger partial charge in [0.05, 0.1) is 13.2 Å². The van der Waals surface area contributed by atoms with Crippen LogP contribution < -0.4 is 10.6 Å². The highest BCUT2D eigenvalue weighted by atomic mass is 127. The molecule has 0 fully saturated rings. The van der Waals surface area contributed by atoms with E-state index in [1.165, 1.54) is 0 Å². The summed E-state index contributed by atoms with van der Waals surface area (Å²) in [4.78, 5) is 6.91. The number of aliphatic hydroxyl groups is 1. The van der Waals surface area contributed by atoms with E-state index in [4.69, 9.17) is 5.11 Å². The van der Waals surface area contributed by atoms with Crippen LogP contribution in [-0.2, 0) is 0 Å². The second-order valence-corrected chi connectivity index (χ2v) is 4.84. The van der Waals surface area contributed by atoms with Gasteiger partial charge in [0.25, 0.3) is 0 Å². The van der Waals surface area contributed by atoms with Gasteiger partial charge in [-0.25, -0.2) is 0 Å². The Hall–Kier alpha value is -0.0800. The molecule has 0 saturated carbocycles. The zero-order chi connectivity index (χ0) is 14.0. The van der Waals surface area contributed by atoms with Crippen molar-refractivity contribution < 1.29 is 5.11 Å². The van der Waals surface area contributed by atoms with Crippen LogP contribution in [0.1, 0.15) is 34.6 Å². The van der Waals surface area contributed by atoms with Crippen LogP contribution >= 0.6 is 24.0 Å². The molecule has 0 spiro atoms. The highest BCUT2D eigenvalue weighted by Gasteiger charge is 2.12. The highest BCUT2D eigenvalue weighted by molar-refractivity contribution is 14.0. The SMILES string of the molecule is CCNC(=NCCN(C(C)C)C(C)C)NCCO.I. The van der Waals surface area contributed by atoms with Crippen LogP contribution in [0.4, 0.5) is 0 Å². The Bertz CT molecular complexity index is 227. The van der Waals surface area contributed by atoms with Crippen molar-refractivity contribution in [2.45, 2.75) is 46.7 Å². The Labute approximate surface area is 135 Å². The molecule has 116 valence electrons. The van der Waals surface area contributed by atoms with E-state index in [0.717, 1.165) is 25.6 Å². The maximum Gasteiger partial charge on any atom is 0.191 e. The molecule has 3 N–H and O–H groups in total. The van der Waals surface area contributed by atoms with Crippen molar-refractivity contribution in [2.24, 2.45) is 4.99 Å². The summed E-state index contributed by atoms with van der Waals surface area (Å²) in [6, 6.07) is 1.07. The lowest BCUT2D eigenvalue weighted by Gasteiger charge is -2.29. The third-order valence-corrected chi connectivity index (χ3v) is 2.70. The molecule has 0 unspecified atom stereocenters. The zero-order valence-electron chi connectivity index (χ0n) is 12.9. The minimum Gasteiger partial charge on any atom is -0.395 e. The van der Waals surface area contributed by atoms with E-state index >= 15 is 0 Å². The number of nitrogens with zero attached hydrogens (tertiary/aromatic N) is 2. The van der Waals surface area contributed by atoms with E-state index in [0.29, 0.717) is 18.6 Å². The van der Waals surface area contributed by atoms with E-state index in [-0.39, 0.29) is 30.6 Å². The van der Waals surface area contributed by atoms with Gasteiger partial charge in [-0.2, -0.15) is 0 Å². The van der Waals surface area contributed by atoms with Crippen molar-refractivity contribution in [1.82, 2.24) is 15.5 Å². The van der Waals surface area contributed by atoms with Crippen molar-refractivity contribution in [3.8, 4) is 0 Å². The summed E-state index contributed by atoms with van der Waals surface area (Å²) in [5.74, 6) is 0.777. The summed E-state index contributed by atoms with van der Waals surface area (Å²) in [5, 5.41) is 15.0. The van der Waals surface area contributed by atoms with Gasteiger partial charge in [0.15, 0.2) is 5.96 Å². The number of hydrogen-bond donors (Lipinski definition) is 3. The lowest BCUT2D eigenvalue weighted by molar-refractivity contribution is 0.181. The fourth-order valence-electron chi connectivity index (χ4n) is 1.91. The van der Waals surface area contributed by atoms with Crippen LogP contribution in [0.5, 0.6) is 0 Å². The number of aliphatic hydroxyl groups excluding tert-OH is 1. The summed E-state index contributed by atoms with van der Waals surface area (Å²) in [6.07, 6.45) is 0. The van der Waals surface area contributed by atoms with Crippen LogP contribution in [0.25, 0.3) is 0 Å². The number of aliphatic imine (C=N–C) groups is 1. The van der Waals surface area contributed by atoms with Gasteiger partial charge in [0.1, 0.15) is 0 Å². The predicted octanol–water partition coefficient (Wildman–Crippen LogP) is 1.27. The molecule has 0 aromatic heterocycles. The molecule has 0 saturated heterocycles. The Morgan fingerprint density at radius 2 is 1.74 bits per heavy atom. The molecular formula is C13H31IN4O. The van der Waals surface area contributed by atoms with Crippen molar-refractivity contribution >= 4 is 29.9 Å². The summed E-state index contributed by atoms with van der Waals surface area (Å²) in [6.45, 7) is 14.1. The monoisotopic (exact) mass is 386 g/mol. The topological polar surface area (TPSA) is 59.9 Å². The lowest BCUT2D eigenvalue weighted by Crippen LogP contribution is -2.41. The van der Waals surface area contributed by atoms with Crippen LogP contribution in [0, 0.1) is 0 Å². The molecule has 19 heavy (non-hydrogen) atoms. The van der Waals surface area contributed by atoms with Crippen molar-refractivity contribution in [2.75, 3.05) is 32.8 Å². The van der Waals surface area contributed by atoms with Crippen molar-refractivity contribution in [3.05, 3.63) is 0 Å². The van der Waals surface area contributed by atoms with E-state index in [2.05, 4.69) is 48.2 Å². The smallest absolute Gasteiger partial charge is 0.191 e. The normalized spacial score (nSPS) is 11.9. The van der Waals surface area contributed by atoms with Gasteiger partial charge in [-0.3, -0.25) is 9.89 Å². The summed E-state index contributed by atoms with van der Waals surface area (Å²) in [7, 11) is 0. The van der Waals surface area contributed by atoms with E-state index in [1.54, 1.807) is 0 Å². The number of halogens is 1. The fraction of sp³-hybridized carbons (Fsp3) is 0.923. The second-order valence-electron chi connectivity index (χ2n) is 4.84. The van der Waals surface area contributed by atoms with Gasteiger partial charge >= 0.3 is 0 Å². The molecular weight excluding hydrogens is 355 g/mol. The third kappa shape index (κ3) is 10.4. The van der Waals surface area contributed by atoms with Gasteiger partial charge in [-0.1, -0.05) is 0 Å². The van der Waals surface area contributed by atoms with Crippen molar-refractivity contribution in [3.63, 3.8) is 0 Å². The Morgan fingerprint density at radius 1 is 1.16 bits per heavy atom. The molecule has 5 nitrogen and oxygen atoms in total. The van der Waals surface area contributed by atoms with Crippen LogP contribution in [0.3, 0.4) is 0 Å². The number of guanidine groups is 1. The number of rotatable bonds is 8. The molecule has 0 atom stereocenters. The average molecular weight is 386 g/mol. The minimum absolute atomic E-state index is 0. The quantitative estimate of drug-likeness (QED) is 0.334. The van der Waals surface area contributed by atoms with Crippen LogP contribution in [0.15, 0.2) is 4.99 Å². The molecule has 0 bridgehead atoms. The molecule has 0 amide bonds. The molecule has 0 heterocycles. The molecule has 0 aliphatic carbocycles. The summed E-state index contributed by atoms with van der Waals surface area (Å²) >= 11 is 0. The molecule has 0 aliphatic rings. The molecule has 0 radical (unpaired) electrons. The van der Waals surface area contributed by atoms with E-state index < -0.39 is 0 Å². The van der Waals surface area contributed by atoms with Crippen LogP contribution in [0.2, 0.25) is 0 Å². The first kappa shape index (κ1) is 21.2. The van der Waals surface area contributed by atoms with Gasteiger partial charge < -0.3 is 15.7 Å². The second kappa shape index (κ2) is 12.9. The largest absolute Gasteiger partial charge is 0.395 e. The highest BCUT2D eigenvalue weighted by Crippen LogP contribution is 2.03. The van der Waals surface area contributed by atoms with E-state index in [1.807, 2.05) is 6.92 Å². The minimum atomic E-state index is 0. The first-order chi connectivity index (χ1) is 8.52. The van der Waals surface area contributed by atoms with E-state index in [9.17, 15) is 0 Å². The Morgan fingerprint density at radius 3 is 2.16 bits per heavy atom. The van der Waals surface area contributed by atoms with Gasteiger partial charge in [-0.05, 0) is 34.6 Å². The Kier molecular flexibility index (Phi) is 14.4. The number of nitrogens with one attached hydrogen (secondary N) is 2. The molecule has 0 aromatic carbocycles. The van der Waals surface area contributed by atoms with Gasteiger partial charge in [-0.15, -0.1) is 24.0 Å². The third-order valence-electron chi connectivity index (χ3n) is 2.70. The predicted molar refractivity (Wildman–Crippen MR) is 93.5 cm³/mol. The first-order valence-corrected chi connectivity index (χ1v) is 6.91. The standard InChI is InChI=1S/C13H30N4O.HI/c1-6-14-13(16-8-10-18)15-7-9-17(11(2)3)12(4)5;/h11-12,18H,6-10H2,1-5H3,(H2,14,15,16);1H. The summed E-state index contributed by atoms with van der Waals surface area (Å²) in [5.41, 5.74) is 0. The molecule has 0 aliphatic heterocycles. The molecule has 0 aromatic rings. The molecule has 6 heteroatoms. The van der Waals surface area contributed by atoms with Gasteiger partial charge in [0, 0.05) is 31.7 Å². The Balaban J connectivity index is 0.